The fourth-order valence-corrected chi connectivity index (χ4v) is 1.47. The largest absolute Gasteiger partial charge is 0.479 e. The second-order valence-electron chi connectivity index (χ2n) is 3.77. The summed E-state index contributed by atoms with van der Waals surface area (Å²) in [6, 6.07) is 0. The van der Waals surface area contributed by atoms with Crippen molar-refractivity contribution < 1.29 is 14.6 Å². The van der Waals surface area contributed by atoms with Crippen LogP contribution in [0, 0.1) is 0 Å². The van der Waals surface area contributed by atoms with Gasteiger partial charge in [0, 0.05) is 31.1 Å². The van der Waals surface area contributed by atoms with Gasteiger partial charge in [0.15, 0.2) is 6.10 Å². The molecule has 1 aromatic heterocycles. The zero-order valence-corrected chi connectivity index (χ0v) is 8.97. The van der Waals surface area contributed by atoms with Crippen LogP contribution in [-0.4, -0.2) is 34.3 Å². The van der Waals surface area contributed by atoms with E-state index in [0.717, 1.165) is 0 Å². The average molecular weight is 210 g/mol. The van der Waals surface area contributed by atoms with E-state index in [9.17, 15) is 4.79 Å². The van der Waals surface area contributed by atoms with E-state index in [-0.39, 0.29) is 0 Å². The van der Waals surface area contributed by atoms with Crippen LogP contribution in [0.4, 0.5) is 0 Å². The summed E-state index contributed by atoms with van der Waals surface area (Å²) in [5.74, 6) is -1.01. The van der Waals surface area contributed by atoms with Gasteiger partial charge in [0.25, 0.3) is 0 Å². The zero-order valence-electron chi connectivity index (χ0n) is 8.97. The number of methoxy groups -OCH3 is 1. The van der Waals surface area contributed by atoms with Crippen LogP contribution in [0.15, 0.2) is 18.6 Å². The van der Waals surface area contributed by atoms with Crippen LogP contribution in [0.5, 0.6) is 0 Å². The van der Waals surface area contributed by atoms with Crippen molar-refractivity contribution in [1.82, 2.24) is 9.97 Å². The molecular weight excluding hydrogens is 196 g/mol. The van der Waals surface area contributed by atoms with E-state index in [1.807, 2.05) is 0 Å². The second-order valence-corrected chi connectivity index (χ2v) is 3.77. The molecule has 1 rings (SSSR count). The standard InChI is InChI=1S/C10H14N2O3/c1-10(2,8(15-3)9(13)14)7-6-11-4-5-12-7/h4-6,8H,1-3H3,(H,13,14). The number of nitrogens with zero attached hydrogens (tertiary/aromatic N) is 2. The predicted octanol–water partition coefficient (Wildman–Crippen LogP) is 0.854. The van der Waals surface area contributed by atoms with Crippen LogP contribution in [0.3, 0.4) is 0 Å². The highest BCUT2D eigenvalue weighted by atomic mass is 16.5. The minimum Gasteiger partial charge on any atom is -0.479 e. The summed E-state index contributed by atoms with van der Waals surface area (Å²) in [4.78, 5) is 19.0. The molecule has 0 bridgehead atoms. The monoisotopic (exact) mass is 210 g/mol. The molecule has 1 unspecified atom stereocenters. The molecule has 5 heteroatoms. The number of rotatable bonds is 4. The molecule has 0 aliphatic carbocycles. The third-order valence-electron chi connectivity index (χ3n) is 2.34. The molecular formula is C10H14N2O3. The van der Waals surface area contributed by atoms with Crippen molar-refractivity contribution in [2.45, 2.75) is 25.4 Å². The van der Waals surface area contributed by atoms with Crippen molar-refractivity contribution in [3.05, 3.63) is 24.3 Å². The first-order valence-electron chi connectivity index (χ1n) is 4.52. The van der Waals surface area contributed by atoms with E-state index >= 15 is 0 Å². The van der Waals surface area contributed by atoms with Crippen molar-refractivity contribution >= 4 is 5.97 Å². The van der Waals surface area contributed by atoms with E-state index in [1.54, 1.807) is 26.2 Å². The van der Waals surface area contributed by atoms with Crippen LogP contribution < -0.4 is 0 Å². The molecule has 5 nitrogen and oxygen atoms in total. The van der Waals surface area contributed by atoms with Gasteiger partial charge < -0.3 is 9.84 Å². The summed E-state index contributed by atoms with van der Waals surface area (Å²) >= 11 is 0. The van der Waals surface area contributed by atoms with Gasteiger partial charge in [-0.3, -0.25) is 9.97 Å². The predicted molar refractivity (Wildman–Crippen MR) is 53.5 cm³/mol. The van der Waals surface area contributed by atoms with Gasteiger partial charge in [-0.05, 0) is 0 Å². The molecule has 1 atom stereocenters. The number of aromatic nitrogens is 2. The lowest BCUT2D eigenvalue weighted by Crippen LogP contribution is -2.42. The summed E-state index contributed by atoms with van der Waals surface area (Å²) in [5, 5.41) is 9.00. The third kappa shape index (κ3) is 2.30. The van der Waals surface area contributed by atoms with Gasteiger partial charge in [-0.1, -0.05) is 13.8 Å². The third-order valence-corrected chi connectivity index (χ3v) is 2.34. The Kier molecular flexibility index (Phi) is 3.36. The Morgan fingerprint density at radius 3 is 2.60 bits per heavy atom. The maximum Gasteiger partial charge on any atom is 0.333 e. The second kappa shape index (κ2) is 4.35. The fourth-order valence-electron chi connectivity index (χ4n) is 1.47. The van der Waals surface area contributed by atoms with Gasteiger partial charge in [-0.15, -0.1) is 0 Å². The minimum atomic E-state index is -1.01. The number of carbonyl (C=O) groups is 1. The molecule has 1 aromatic rings. The fraction of sp³-hybridized carbons (Fsp3) is 0.500. The van der Waals surface area contributed by atoms with Crippen LogP contribution >= 0.6 is 0 Å². The van der Waals surface area contributed by atoms with E-state index in [1.165, 1.54) is 13.3 Å². The molecule has 0 spiro atoms. The first kappa shape index (κ1) is 11.6. The quantitative estimate of drug-likeness (QED) is 0.797. The molecule has 1 N–H and O–H groups in total. The van der Waals surface area contributed by atoms with Gasteiger partial charge in [-0.2, -0.15) is 0 Å². The van der Waals surface area contributed by atoms with Gasteiger partial charge in [0.05, 0.1) is 5.69 Å². The first-order chi connectivity index (χ1) is 7.00. The van der Waals surface area contributed by atoms with Crippen molar-refractivity contribution in [3.8, 4) is 0 Å². The SMILES string of the molecule is COC(C(=O)O)C(C)(C)c1cnccn1. The number of hydrogen-bond acceptors (Lipinski definition) is 4. The van der Waals surface area contributed by atoms with E-state index < -0.39 is 17.5 Å². The Labute approximate surface area is 88.1 Å². The maximum atomic E-state index is 11.0. The summed E-state index contributed by atoms with van der Waals surface area (Å²) in [7, 11) is 1.37. The molecule has 1 heterocycles. The molecule has 0 saturated heterocycles. The van der Waals surface area contributed by atoms with Crippen LogP contribution in [0.25, 0.3) is 0 Å². The molecule has 0 aliphatic heterocycles. The molecule has 0 radical (unpaired) electrons. The highest BCUT2D eigenvalue weighted by Crippen LogP contribution is 2.26. The lowest BCUT2D eigenvalue weighted by atomic mass is 9.83. The highest BCUT2D eigenvalue weighted by molar-refractivity contribution is 5.74. The van der Waals surface area contributed by atoms with Crippen LogP contribution in [0.1, 0.15) is 19.5 Å². The van der Waals surface area contributed by atoms with Gasteiger partial charge in [0.2, 0.25) is 0 Å². The Hall–Kier alpha value is -1.49. The molecule has 0 saturated carbocycles. The number of hydrogen-bond donors (Lipinski definition) is 1. The van der Waals surface area contributed by atoms with Gasteiger partial charge in [-0.25, -0.2) is 4.79 Å². The molecule has 0 fully saturated rings. The average Bonchev–Trinajstić information content (AvgIpc) is 2.19. The smallest absolute Gasteiger partial charge is 0.333 e. The van der Waals surface area contributed by atoms with Crippen LogP contribution in [-0.2, 0) is 14.9 Å². The Bertz CT molecular complexity index is 338. The van der Waals surface area contributed by atoms with Crippen molar-refractivity contribution in [2.24, 2.45) is 0 Å². The van der Waals surface area contributed by atoms with Crippen molar-refractivity contribution in [1.29, 1.82) is 0 Å². The molecule has 0 amide bonds. The number of aliphatic carboxylic acids is 1. The van der Waals surface area contributed by atoms with E-state index in [0.29, 0.717) is 5.69 Å². The normalized spacial score (nSPS) is 13.5. The summed E-state index contributed by atoms with van der Waals surface area (Å²) < 4.78 is 4.96. The summed E-state index contributed by atoms with van der Waals surface area (Å²) in [6.45, 7) is 3.53. The molecule has 0 aliphatic rings. The summed E-state index contributed by atoms with van der Waals surface area (Å²) in [5.41, 5.74) is -0.117. The molecule has 82 valence electrons. The number of ether oxygens (including phenoxy) is 1. The maximum absolute atomic E-state index is 11.0. The zero-order chi connectivity index (χ0) is 11.5. The number of carboxylic acids is 1. The highest BCUT2D eigenvalue weighted by Gasteiger charge is 2.38. The van der Waals surface area contributed by atoms with Crippen molar-refractivity contribution in [2.75, 3.05) is 7.11 Å². The molecule has 15 heavy (non-hydrogen) atoms. The first-order valence-corrected chi connectivity index (χ1v) is 4.52. The molecule has 0 aromatic carbocycles. The summed E-state index contributed by atoms with van der Waals surface area (Å²) in [6.07, 6.45) is 3.69. The minimum absolute atomic E-state index is 0.597. The Morgan fingerprint density at radius 1 is 1.53 bits per heavy atom. The van der Waals surface area contributed by atoms with Gasteiger partial charge >= 0.3 is 5.97 Å². The van der Waals surface area contributed by atoms with Crippen molar-refractivity contribution in [3.63, 3.8) is 0 Å². The lowest BCUT2D eigenvalue weighted by molar-refractivity contribution is -0.152. The van der Waals surface area contributed by atoms with Gasteiger partial charge in [0.1, 0.15) is 0 Å². The lowest BCUT2D eigenvalue weighted by Gasteiger charge is -2.29. The number of carboxylic acid groups (broad SMARTS) is 1. The van der Waals surface area contributed by atoms with Crippen LogP contribution in [0.2, 0.25) is 0 Å². The van der Waals surface area contributed by atoms with E-state index in [2.05, 4.69) is 9.97 Å². The topological polar surface area (TPSA) is 72.3 Å². The Morgan fingerprint density at radius 2 is 2.20 bits per heavy atom. The van der Waals surface area contributed by atoms with E-state index in [4.69, 9.17) is 9.84 Å². The Balaban J connectivity index is 3.05.